The van der Waals surface area contributed by atoms with Crippen molar-refractivity contribution >= 4 is 22.9 Å². The molecule has 0 aliphatic heterocycles. The molecule has 0 atom stereocenters. The maximum absolute atomic E-state index is 12.7. The number of hydrogen-bond acceptors (Lipinski definition) is 5. The van der Waals surface area contributed by atoms with Gasteiger partial charge in [-0.1, -0.05) is 30.3 Å². The van der Waals surface area contributed by atoms with Gasteiger partial charge >= 0.3 is 0 Å². The monoisotopic (exact) mass is 340 g/mol. The van der Waals surface area contributed by atoms with Gasteiger partial charge in [0.25, 0.3) is 5.91 Å². The number of thiazole rings is 1. The summed E-state index contributed by atoms with van der Waals surface area (Å²) < 4.78 is 10.5. The number of hydrogen-bond donors (Lipinski definition) is 1. The van der Waals surface area contributed by atoms with E-state index in [1.165, 1.54) is 11.3 Å². The van der Waals surface area contributed by atoms with Crippen molar-refractivity contribution < 1.29 is 14.3 Å². The van der Waals surface area contributed by atoms with Crippen molar-refractivity contribution in [3.8, 4) is 22.8 Å². The number of ether oxygens (including phenoxy) is 2. The summed E-state index contributed by atoms with van der Waals surface area (Å²) in [6.07, 6.45) is 0. The summed E-state index contributed by atoms with van der Waals surface area (Å²) in [6, 6.07) is 14.9. The van der Waals surface area contributed by atoms with Crippen molar-refractivity contribution in [2.24, 2.45) is 0 Å². The molecule has 2 aromatic carbocycles. The van der Waals surface area contributed by atoms with E-state index in [1.807, 2.05) is 30.3 Å². The Morgan fingerprint density at radius 2 is 1.88 bits per heavy atom. The van der Waals surface area contributed by atoms with E-state index in [-0.39, 0.29) is 5.91 Å². The number of aromatic nitrogens is 1. The number of methoxy groups -OCH3 is 2. The standard InChI is InChI=1S/C18H16N2O3S/c1-22-13-8-9-14(15(10-13)23-2)20-18(21)17-16(19-11-24-17)12-6-4-3-5-7-12/h3-11H,1-2H3,(H,20,21). The minimum atomic E-state index is -0.222. The number of carbonyl (C=O) groups excluding carboxylic acids is 1. The van der Waals surface area contributed by atoms with Gasteiger partial charge in [-0.05, 0) is 12.1 Å². The molecule has 0 radical (unpaired) electrons. The fraction of sp³-hybridized carbons (Fsp3) is 0.111. The zero-order valence-corrected chi connectivity index (χ0v) is 14.1. The minimum absolute atomic E-state index is 0.222. The average Bonchev–Trinajstić information content (AvgIpc) is 3.12. The highest BCUT2D eigenvalue weighted by Gasteiger charge is 2.18. The number of amides is 1. The summed E-state index contributed by atoms with van der Waals surface area (Å²) in [5.74, 6) is 0.973. The second kappa shape index (κ2) is 7.14. The molecule has 1 aromatic heterocycles. The lowest BCUT2D eigenvalue weighted by Gasteiger charge is -2.11. The Morgan fingerprint density at radius 3 is 2.58 bits per heavy atom. The maximum Gasteiger partial charge on any atom is 0.268 e. The van der Waals surface area contributed by atoms with Crippen LogP contribution in [0.1, 0.15) is 9.67 Å². The molecule has 122 valence electrons. The summed E-state index contributed by atoms with van der Waals surface area (Å²) in [5.41, 5.74) is 3.83. The fourth-order valence-corrected chi connectivity index (χ4v) is 2.99. The summed E-state index contributed by atoms with van der Waals surface area (Å²) >= 11 is 1.30. The van der Waals surface area contributed by atoms with E-state index in [2.05, 4.69) is 10.3 Å². The molecular weight excluding hydrogens is 324 g/mol. The molecular formula is C18H16N2O3S. The molecule has 24 heavy (non-hydrogen) atoms. The van der Waals surface area contributed by atoms with E-state index in [0.29, 0.717) is 27.8 Å². The predicted octanol–water partition coefficient (Wildman–Crippen LogP) is 4.08. The third kappa shape index (κ3) is 3.23. The van der Waals surface area contributed by atoms with E-state index in [9.17, 15) is 4.79 Å². The molecule has 0 aliphatic rings. The van der Waals surface area contributed by atoms with Crippen LogP contribution in [0.3, 0.4) is 0 Å². The van der Waals surface area contributed by atoms with Crippen LogP contribution in [0.5, 0.6) is 11.5 Å². The van der Waals surface area contributed by atoms with Crippen molar-refractivity contribution in [2.45, 2.75) is 0 Å². The Bertz CT molecular complexity index is 846. The van der Waals surface area contributed by atoms with Gasteiger partial charge in [-0.25, -0.2) is 4.98 Å². The molecule has 1 heterocycles. The first kappa shape index (κ1) is 16.0. The quantitative estimate of drug-likeness (QED) is 0.760. The van der Waals surface area contributed by atoms with Gasteiger partial charge < -0.3 is 14.8 Å². The Kier molecular flexibility index (Phi) is 4.77. The SMILES string of the molecule is COc1ccc(NC(=O)c2scnc2-c2ccccc2)c(OC)c1. The molecule has 0 saturated carbocycles. The predicted molar refractivity (Wildman–Crippen MR) is 95.0 cm³/mol. The van der Waals surface area contributed by atoms with Crippen LogP contribution in [0.2, 0.25) is 0 Å². The van der Waals surface area contributed by atoms with Gasteiger partial charge in [-0.3, -0.25) is 4.79 Å². The molecule has 1 N–H and O–H groups in total. The van der Waals surface area contributed by atoms with Gasteiger partial charge in [0.15, 0.2) is 0 Å². The molecule has 0 saturated heterocycles. The second-order valence-electron chi connectivity index (χ2n) is 4.92. The van der Waals surface area contributed by atoms with Gasteiger partial charge in [0.1, 0.15) is 16.4 Å². The topological polar surface area (TPSA) is 60.5 Å². The van der Waals surface area contributed by atoms with Gasteiger partial charge in [0.2, 0.25) is 0 Å². The number of carbonyl (C=O) groups is 1. The van der Waals surface area contributed by atoms with Gasteiger partial charge in [-0.2, -0.15) is 0 Å². The van der Waals surface area contributed by atoms with Crippen LogP contribution in [-0.2, 0) is 0 Å². The molecule has 0 unspecified atom stereocenters. The van der Waals surface area contributed by atoms with Crippen LogP contribution in [0.15, 0.2) is 54.0 Å². The lowest BCUT2D eigenvalue weighted by atomic mass is 10.1. The summed E-state index contributed by atoms with van der Waals surface area (Å²) in [5, 5.41) is 2.88. The summed E-state index contributed by atoms with van der Waals surface area (Å²) in [7, 11) is 3.13. The molecule has 0 spiro atoms. The van der Waals surface area contributed by atoms with Gasteiger partial charge in [0, 0.05) is 11.6 Å². The molecule has 0 fully saturated rings. The lowest BCUT2D eigenvalue weighted by molar-refractivity contribution is 0.103. The molecule has 0 bridgehead atoms. The zero-order chi connectivity index (χ0) is 16.9. The van der Waals surface area contributed by atoms with Crippen molar-refractivity contribution in [1.29, 1.82) is 0 Å². The normalized spacial score (nSPS) is 10.2. The second-order valence-corrected chi connectivity index (χ2v) is 5.77. The van der Waals surface area contributed by atoms with Crippen LogP contribution in [0.4, 0.5) is 5.69 Å². The Morgan fingerprint density at radius 1 is 1.08 bits per heavy atom. The van der Waals surface area contributed by atoms with E-state index >= 15 is 0 Å². The molecule has 0 aliphatic carbocycles. The molecule has 1 amide bonds. The maximum atomic E-state index is 12.7. The molecule has 3 aromatic rings. The van der Waals surface area contributed by atoms with E-state index < -0.39 is 0 Å². The van der Waals surface area contributed by atoms with E-state index in [1.54, 1.807) is 37.9 Å². The highest BCUT2D eigenvalue weighted by molar-refractivity contribution is 7.12. The summed E-state index contributed by atoms with van der Waals surface area (Å²) in [4.78, 5) is 17.5. The van der Waals surface area contributed by atoms with E-state index in [4.69, 9.17) is 9.47 Å². The zero-order valence-electron chi connectivity index (χ0n) is 13.3. The highest BCUT2D eigenvalue weighted by atomic mass is 32.1. The molecule has 6 heteroatoms. The minimum Gasteiger partial charge on any atom is -0.497 e. The Balaban J connectivity index is 1.88. The third-order valence-electron chi connectivity index (χ3n) is 3.48. The number of anilines is 1. The third-order valence-corrected chi connectivity index (χ3v) is 4.30. The van der Waals surface area contributed by atoms with Crippen molar-refractivity contribution in [2.75, 3.05) is 19.5 Å². The van der Waals surface area contributed by atoms with Gasteiger partial charge in [-0.15, -0.1) is 11.3 Å². The first-order chi connectivity index (χ1) is 11.7. The van der Waals surface area contributed by atoms with Crippen molar-refractivity contribution in [1.82, 2.24) is 4.98 Å². The number of rotatable bonds is 5. The number of benzene rings is 2. The fourth-order valence-electron chi connectivity index (χ4n) is 2.29. The molecule has 3 rings (SSSR count). The molecule has 5 nitrogen and oxygen atoms in total. The first-order valence-corrected chi connectivity index (χ1v) is 8.13. The smallest absolute Gasteiger partial charge is 0.268 e. The van der Waals surface area contributed by atoms with Crippen LogP contribution in [-0.4, -0.2) is 25.1 Å². The van der Waals surface area contributed by atoms with Crippen LogP contribution in [0, 0.1) is 0 Å². The number of nitrogens with one attached hydrogen (secondary N) is 1. The average molecular weight is 340 g/mol. The van der Waals surface area contributed by atoms with Crippen LogP contribution >= 0.6 is 11.3 Å². The Hall–Kier alpha value is -2.86. The van der Waals surface area contributed by atoms with Crippen LogP contribution < -0.4 is 14.8 Å². The Labute approximate surface area is 143 Å². The lowest BCUT2D eigenvalue weighted by Crippen LogP contribution is -2.12. The number of nitrogens with zero attached hydrogens (tertiary/aromatic N) is 1. The van der Waals surface area contributed by atoms with Crippen molar-refractivity contribution in [3.63, 3.8) is 0 Å². The van der Waals surface area contributed by atoms with E-state index in [0.717, 1.165) is 5.56 Å². The largest absolute Gasteiger partial charge is 0.497 e. The van der Waals surface area contributed by atoms with Crippen molar-refractivity contribution in [3.05, 3.63) is 58.9 Å². The van der Waals surface area contributed by atoms with Crippen LogP contribution in [0.25, 0.3) is 11.3 Å². The van der Waals surface area contributed by atoms with Gasteiger partial charge in [0.05, 0.1) is 31.1 Å². The summed E-state index contributed by atoms with van der Waals surface area (Å²) in [6.45, 7) is 0. The highest BCUT2D eigenvalue weighted by Crippen LogP contribution is 2.31. The first-order valence-electron chi connectivity index (χ1n) is 7.25.